The Morgan fingerprint density at radius 3 is 2.12 bits per heavy atom. The summed E-state index contributed by atoms with van der Waals surface area (Å²) in [4.78, 5) is 0. The summed E-state index contributed by atoms with van der Waals surface area (Å²) in [6, 6.07) is 9.72. The number of rotatable bonds is 3. The lowest BCUT2D eigenvalue weighted by Crippen LogP contribution is -2.40. The Morgan fingerprint density at radius 1 is 1.18 bits per heavy atom. The molecule has 2 nitrogen and oxygen atoms in total. The van der Waals surface area contributed by atoms with Gasteiger partial charge < -0.3 is 4.43 Å². The van der Waals surface area contributed by atoms with Gasteiger partial charge in [-0.15, -0.1) is 0 Å². The summed E-state index contributed by atoms with van der Waals surface area (Å²) < 4.78 is 6.11. The van der Waals surface area contributed by atoms with Crippen LogP contribution in [0.4, 0.5) is 0 Å². The van der Waals surface area contributed by atoms with Crippen LogP contribution in [0.1, 0.15) is 31.9 Å². The number of nitrogens with zero attached hydrogens (tertiary/aromatic N) is 1. The van der Waals surface area contributed by atoms with Crippen molar-refractivity contribution in [2.75, 3.05) is 0 Å². The molecule has 0 unspecified atom stereocenters. The van der Waals surface area contributed by atoms with Gasteiger partial charge in [0.2, 0.25) is 0 Å². The van der Waals surface area contributed by atoms with E-state index in [1.54, 1.807) is 0 Å². The normalized spacial score (nSPS) is 12.2. The topological polar surface area (TPSA) is 33.0 Å². The fourth-order valence-electron chi connectivity index (χ4n) is 1.16. The quantitative estimate of drug-likeness (QED) is 0.754. The average molecular weight is 247 g/mol. The van der Waals surface area contributed by atoms with Gasteiger partial charge in [0.25, 0.3) is 0 Å². The Hall–Kier alpha value is -1.11. The van der Waals surface area contributed by atoms with Crippen molar-refractivity contribution in [2.45, 2.75) is 45.5 Å². The maximum absolute atomic E-state index is 8.72. The molecule has 0 aliphatic carbocycles. The van der Waals surface area contributed by atoms with Crippen LogP contribution in [0.15, 0.2) is 24.3 Å². The first kappa shape index (κ1) is 13.9. The zero-order valence-corrected chi connectivity index (χ0v) is 12.4. The SMILES string of the molecule is CC(C)(C)[Si](C)(C)OCc1ccc(C#N)cc1. The van der Waals surface area contributed by atoms with Gasteiger partial charge in [-0.1, -0.05) is 32.9 Å². The average Bonchev–Trinajstić information content (AvgIpc) is 2.25. The van der Waals surface area contributed by atoms with E-state index in [2.05, 4.69) is 39.9 Å². The van der Waals surface area contributed by atoms with Gasteiger partial charge in [-0.25, -0.2) is 0 Å². The van der Waals surface area contributed by atoms with Gasteiger partial charge >= 0.3 is 0 Å². The minimum atomic E-state index is -1.67. The van der Waals surface area contributed by atoms with Crippen molar-refractivity contribution in [3.8, 4) is 6.07 Å². The second-order valence-corrected chi connectivity index (χ2v) is 10.7. The van der Waals surface area contributed by atoms with Gasteiger partial charge in [-0.05, 0) is 35.8 Å². The van der Waals surface area contributed by atoms with Gasteiger partial charge in [-0.3, -0.25) is 0 Å². The smallest absolute Gasteiger partial charge is 0.192 e. The second-order valence-electron chi connectivity index (χ2n) is 5.86. The van der Waals surface area contributed by atoms with Crippen LogP contribution in [-0.4, -0.2) is 8.32 Å². The van der Waals surface area contributed by atoms with Crippen LogP contribution < -0.4 is 0 Å². The third kappa shape index (κ3) is 3.69. The van der Waals surface area contributed by atoms with E-state index >= 15 is 0 Å². The maximum Gasteiger partial charge on any atom is 0.192 e. The van der Waals surface area contributed by atoms with Crippen LogP contribution >= 0.6 is 0 Å². The predicted molar refractivity (Wildman–Crippen MR) is 73.1 cm³/mol. The van der Waals surface area contributed by atoms with E-state index in [9.17, 15) is 0 Å². The molecule has 92 valence electrons. The zero-order chi connectivity index (χ0) is 13.1. The number of hydrogen-bond donors (Lipinski definition) is 0. The summed E-state index contributed by atoms with van der Waals surface area (Å²) in [5, 5.41) is 8.96. The zero-order valence-electron chi connectivity index (χ0n) is 11.4. The monoisotopic (exact) mass is 247 g/mol. The van der Waals surface area contributed by atoms with E-state index in [-0.39, 0.29) is 5.04 Å². The van der Waals surface area contributed by atoms with Crippen molar-refractivity contribution in [3.63, 3.8) is 0 Å². The highest BCUT2D eigenvalue weighted by Gasteiger charge is 2.36. The molecule has 0 heterocycles. The molecule has 0 aliphatic rings. The van der Waals surface area contributed by atoms with Crippen molar-refractivity contribution in [3.05, 3.63) is 35.4 Å². The summed E-state index contributed by atoms with van der Waals surface area (Å²) in [6.07, 6.45) is 0. The molecule has 1 aromatic rings. The van der Waals surface area contributed by atoms with E-state index in [1.807, 2.05) is 24.3 Å². The Labute approximate surface area is 105 Å². The highest BCUT2D eigenvalue weighted by molar-refractivity contribution is 6.74. The minimum Gasteiger partial charge on any atom is -0.413 e. The van der Waals surface area contributed by atoms with Crippen LogP contribution in [0.2, 0.25) is 18.1 Å². The van der Waals surface area contributed by atoms with Gasteiger partial charge in [-0.2, -0.15) is 5.26 Å². The molecule has 0 atom stereocenters. The second kappa shape index (κ2) is 5.03. The maximum atomic E-state index is 8.72. The number of benzene rings is 1. The Morgan fingerprint density at radius 2 is 1.71 bits per heavy atom. The highest BCUT2D eigenvalue weighted by Crippen LogP contribution is 2.37. The summed E-state index contributed by atoms with van der Waals surface area (Å²) in [6.45, 7) is 11.8. The third-order valence-corrected chi connectivity index (χ3v) is 7.97. The fraction of sp³-hybridized carbons (Fsp3) is 0.500. The predicted octanol–water partition coefficient (Wildman–Crippen LogP) is 4.08. The molecule has 0 fully saturated rings. The first-order valence-electron chi connectivity index (χ1n) is 5.89. The number of nitriles is 1. The molecule has 0 aromatic heterocycles. The van der Waals surface area contributed by atoms with E-state index < -0.39 is 8.32 Å². The number of hydrogen-bond acceptors (Lipinski definition) is 2. The Kier molecular flexibility index (Phi) is 4.13. The lowest BCUT2D eigenvalue weighted by Gasteiger charge is -2.36. The Bertz CT molecular complexity index is 409. The molecule has 0 saturated carbocycles. The fourth-order valence-corrected chi connectivity index (χ4v) is 2.12. The Balaban J connectivity index is 2.65. The summed E-state index contributed by atoms with van der Waals surface area (Å²) in [5.74, 6) is 0. The van der Waals surface area contributed by atoms with Crippen molar-refractivity contribution < 1.29 is 4.43 Å². The van der Waals surface area contributed by atoms with E-state index in [1.165, 1.54) is 0 Å². The summed E-state index contributed by atoms with van der Waals surface area (Å²) >= 11 is 0. The molecule has 0 aliphatic heterocycles. The van der Waals surface area contributed by atoms with E-state index in [0.717, 1.165) is 5.56 Å². The van der Waals surface area contributed by atoms with Gasteiger partial charge in [0.05, 0.1) is 18.2 Å². The van der Waals surface area contributed by atoms with Crippen molar-refractivity contribution >= 4 is 8.32 Å². The molecule has 1 aromatic carbocycles. The summed E-state index contributed by atoms with van der Waals surface area (Å²) in [5.41, 5.74) is 1.83. The molecule has 1 rings (SSSR count). The molecule has 0 N–H and O–H groups in total. The van der Waals surface area contributed by atoms with E-state index in [4.69, 9.17) is 9.69 Å². The molecule has 0 bridgehead atoms. The van der Waals surface area contributed by atoms with E-state index in [0.29, 0.717) is 12.2 Å². The van der Waals surface area contributed by atoms with Crippen LogP contribution in [0.25, 0.3) is 0 Å². The lowest BCUT2D eigenvalue weighted by molar-refractivity contribution is 0.276. The molecule has 0 radical (unpaired) electrons. The molecule has 0 spiro atoms. The minimum absolute atomic E-state index is 0.236. The molecular weight excluding hydrogens is 226 g/mol. The lowest BCUT2D eigenvalue weighted by atomic mass is 10.2. The first-order chi connectivity index (χ1) is 7.76. The van der Waals surface area contributed by atoms with Gasteiger partial charge in [0.15, 0.2) is 8.32 Å². The van der Waals surface area contributed by atoms with Crippen molar-refractivity contribution in [1.82, 2.24) is 0 Å². The highest BCUT2D eigenvalue weighted by atomic mass is 28.4. The molecule has 0 saturated heterocycles. The molecule has 0 amide bonds. The molecule has 3 heteroatoms. The van der Waals surface area contributed by atoms with Gasteiger partial charge in [0.1, 0.15) is 0 Å². The van der Waals surface area contributed by atoms with Gasteiger partial charge in [0, 0.05) is 0 Å². The molecular formula is C14H21NOSi. The summed E-state index contributed by atoms with van der Waals surface area (Å²) in [7, 11) is -1.67. The van der Waals surface area contributed by atoms with Crippen LogP contribution in [0.5, 0.6) is 0 Å². The van der Waals surface area contributed by atoms with Crippen LogP contribution in [0.3, 0.4) is 0 Å². The van der Waals surface area contributed by atoms with Crippen LogP contribution in [-0.2, 0) is 11.0 Å². The largest absolute Gasteiger partial charge is 0.413 e. The van der Waals surface area contributed by atoms with Crippen LogP contribution in [0, 0.1) is 11.3 Å². The standard InChI is InChI=1S/C14H21NOSi/c1-14(2,3)17(4,5)16-11-13-8-6-12(10-15)7-9-13/h6-9H,11H2,1-5H3. The van der Waals surface area contributed by atoms with Crippen molar-refractivity contribution in [2.24, 2.45) is 0 Å². The van der Waals surface area contributed by atoms with Crippen molar-refractivity contribution in [1.29, 1.82) is 5.26 Å². The third-order valence-electron chi connectivity index (χ3n) is 3.49. The first-order valence-corrected chi connectivity index (χ1v) is 8.80. The molecule has 17 heavy (non-hydrogen) atoms.